The number of thiophene rings is 1. The largest absolute Gasteiger partial charge is 0.368 e. The molecule has 1 aromatic carbocycles. The first kappa shape index (κ1) is 23.6. The summed E-state index contributed by atoms with van der Waals surface area (Å²) in [6, 6.07) is 9.63. The quantitative estimate of drug-likeness (QED) is 0.681. The topological polar surface area (TPSA) is 73.0 Å². The van der Waals surface area contributed by atoms with Crippen molar-refractivity contribution >= 4 is 33.1 Å². The second-order valence-corrected chi connectivity index (χ2v) is 11.0. The van der Waals surface area contributed by atoms with Gasteiger partial charge in [-0.15, -0.1) is 11.3 Å². The van der Waals surface area contributed by atoms with E-state index in [1.54, 1.807) is 12.1 Å². The normalized spacial score (nSPS) is 14.9. The van der Waals surface area contributed by atoms with Crippen LogP contribution in [0.5, 0.6) is 0 Å². The number of carbonyl (C=O) groups is 1. The average Bonchev–Trinajstić information content (AvgIpc) is 3.25. The van der Waals surface area contributed by atoms with Gasteiger partial charge in [-0.25, -0.2) is 13.2 Å². The Morgan fingerprint density at radius 2 is 1.74 bits per heavy atom. The van der Waals surface area contributed by atoms with Crippen LogP contribution in [-0.2, 0) is 16.6 Å². The molecule has 7 nitrogen and oxygen atoms in total. The van der Waals surface area contributed by atoms with Crippen molar-refractivity contribution in [3.63, 3.8) is 0 Å². The summed E-state index contributed by atoms with van der Waals surface area (Å²) in [6.07, 6.45) is 0. The van der Waals surface area contributed by atoms with E-state index in [0.717, 1.165) is 18.0 Å². The molecule has 1 saturated heterocycles. The molecule has 0 bridgehead atoms. The van der Waals surface area contributed by atoms with Crippen LogP contribution in [-0.4, -0.2) is 62.9 Å². The van der Waals surface area contributed by atoms with Crippen LogP contribution < -0.4 is 10.2 Å². The second-order valence-electron chi connectivity index (χ2n) is 7.66. The molecule has 1 N–H and O–H groups in total. The van der Waals surface area contributed by atoms with Crippen molar-refractivity contribution in [2.24, 2.45) is 0 Å². The number of hydrogen-bond donors (Lipinski definition) is 1. The maximum atomic E-state index is 12.6. The van der Waals surface area contributed by atoms with Gasteiger partial charge in [0.15, 0.2) is 0 Å². The molecule has 1 aliphatic heterocycles. The zero-order chi connectivity index (χ0) is 22.6. The Kier molecular flexibility index (Phi) is 7.61. The van der Waals surface area contributed by atoms with Crippen LogP contribution in [0.25, 0.3) is 0 Å². The predicted octanol–water partition coefficient (Wildman–Crippen LogP) is 3.43. The summed E-state index contributed by atoms with van der Waals surface area (Å²) >= 11 is 1.22. The smallest absolute Gasteiger partial charge is 0.317 e. The van der Waals surface area contributed by atoms with Gasteiger partial charge in [-0.05, 0) is 43.2 Å². The fourth-order valence-corrected chi connectivity index (χ4v) is 6.69. The first-order valence-corrected chi connectivity index (χ1v) is 13.0. The van der Waals surface area contributed by atoms with Crippen LogP contribution in [0.4, 0.5) is 10.5 Å². The summed E-state index contributed by atoms with van der Waals surface area (Å²) in [4.78, 5) is 17.6. The van der Waals surface area contributed by atoms with Gasteiger partial charge in [-0.2, -0.15) is 4.31 Å². The molecule has 2 amide bonds. The monoisotopic (exact) mass is 464 g/mol. The summed E-state index contributed by atoms with van der Waals surface area (Å²) in [5, 5.41) is 2.94. The SMILES string of the molecule is CCN(CC)S(=O)(=O)c1ccc(CNC(=O)N2CCN(c3cccc(C)c3C)CC2)s1. The number of rotatable bonds is 7. The van der Waals surface area contributed by atoms with E-state index < -0.39 is 10.0 Å². The lowest BCUT2D eigenvalue weighted by Gasteiger charge is -2.37. The van der Waals surface area contributed by atoms with Crippen molar-refractivity contribution in [2.75, 3.05) is 44.2 Å². The third kappa shape index (κ3) is 5.22. The van der Waals surface area contributed by atoms with E-state index in [-0.39, 0.29) is 6.03 Å². The summed E-state index contributed by atoms with van der Waals surface area (Å²) in [6.45, 7) is 12.0. The standard InChI is InChI=1S/C22H32N4O3S2/c1-5-26(6-2)31(28,29)21-11-10-19(30-21)16-23-22(27)25-14-12-24(13-15-25)20-9-7-8-17(3)18(20)4/h7-11H,5-6,12-16H2,1-4H3,(H,23,27). The Balaban J connectivity index is 1.53. The highest BCUT2D eigenvalue weighted by molar-refractivity contribution is 7.91. The molecule has 1 aliphatic rings. The zero-order valence-corrected chi connectivity index (χ0v) is 20.4. The molecule has 0 unspecified atom stereocenters. The Morgan fingerprint density at radius 3 is 2.39 bits per heavy atom. The fraction of sp³-hybridized carbons (Fsp3) is 0.500. The number of sulfonamides is 1. The molecule has 1 aromatic heterocycles. The molecule has 0 radical (unpaired) electrons. The second kappa shape index (κ2) is 10.0. The molecule has 0 aliphatic carbocycles. The van der Waals surface area contributed by atoms with Crippen LogP contribution in [0.1, 0.15) is 29.9 Å². The fourth-order valence-electron chi connectivity index (χ4n) is 3.79. The van der Waals surface area contributed by atoms with Crippen molar-refractivity contribution in [1.82, 2.24) is 14.5 Å². The molecule has 0 atom stereocenters. The van der Waals surface area contributed by atoms with Crippen LogP contribution in [0.3, 0.4) is 0 Å². The highest BCUT2D eigenvalue weighted by Gasteiger charge is 2.25. The van der Waals surface area contributed by atoms with Gasteiger partial charge >= 0.3 is 6.03 Å². The van der Waals surface area contributed by atoms with Crippen LogP contribution in [0.15, 0.2) is 34.5 Å². The van der Waals surface area contributed by atoms with E-state index >= 15 is 0 Å². The molecule has 2 aromatic rings. The van der Waals surface area contributed by atoms with Gasteiger partial charge in [-0.1, -0.05) is 26.0 Å². The van der Waals surface area contributed by atoms with Gasteiger partial charge in [0.2, 0.25) is 0 Å². The molecule has 31 heavy (non-hydrogen) atoms. The number of piperazine rings is 1. The zero-order valence-electron chi connectivity index (χ0n) is 18.7. The van der Waals surface area contributed by atoms with E-state index in [0.29, 0.717) is 36.9 Å². The molecule has 3 rings (SSSR count). The van der Waals surface area contributed by atoms with Gasteiger partial charge in [0.05, 0.1) is 6.54 Å². The Labute approximate surface area is 189 Å². The third-order valence-electron chi connectivity index (χ3n) is 5.83. The highest BCUT2D eigenvalue weighted by Crippen LogP contribution is 2.25. The average molecular weight is 465 g/mol. The lowest BCUT2D eigenvalue weighted by Crippen LogP contribution is -2.51. The van der Waals surface area contributed by atoms with Crippen LogP contribution in [0.2, 0.25) is 0 Å². The number of nitrogens with one attached hydrogen (secondary N) is 1. The highest BCUT2D eigenvalue weighted by atomic mass is 32.2. The van der Waals surface area contributed by atoms with Gasteiger partial charge in [0, 0.05) is 49.8 Å². The minimum absolute atomic E-state index is 0.109. The molecule has 9 heteroatoms. The maximum absolute atomic E-state index is 12.6. The lowest BCUT2D eigenvalue weighted by molar-refractivity contribution is 0.194. The number of benzene rings is 1. The van der Waals surface area contributed by atoms with Crippen LogP contribution >= 0.6 is 11.3 Å². The van der Waals surface area contributed by atoms with Crippen molar-refractivity contribution in [2.45, 2.75) is 38.4 Å². The predicted molar refractivity (Wildman–Crippen MR) is 126 cm³/mol. The number of urea groups is 1. The van der Waals surface area contributed by atoms with E-state index in [1.165, 1.54) is 32.5 Å². The third-order valence-corrected chi connectivity index (χ3v) is 9.44. The number of hydrogen-bond acceptors (Lipinski definition) is 5. The Morgan fingerprint density at radius 1 is 1.06 bits per heavy atom. The molecular formula is C22H32N4O3S2. The van der Waals surface area contributed by atoms with E-state index in [2.05, 4.69) is 42.3 Å². The van der Waals surface area contributed by atoms with Crippen LogP contribution in [0, 0.1) is 13.8 Å². The number of aryl methyl sites for hydroxylation is 1. The van der Waals surface area contributed by atoms with E-state index in [9.17, 15) is 13.2 Å². The van der Waals surface area contributed by atoms with E-state index in [1.807, 2.05) is 18.7 Å². The molecule has 170 valence electrons. The Bertz CT molecular complexity index is 1010. The summed E-state index contributed by atoms with van der Waals surface area (Å²) in [7, 11) is -3.46. The first-order valence-electron chi connectivity index (χ1n) is 10.7. The first-order chi connectivity index (χ1) is 14.8. The summed E-state index contributed by atoms with van der Waals surface area (Å²) in [5.74, 6) is 0. The number of carbonyl (C=O) groups excluding carboxylic acids is 1. The van der Waals surface area contributed by atoms with Gasteiger partial charge in [0.1, 0.15) is 4.21 Å². The summed E-state index contributed by atoms with van der Waals surface area (Å²) < 4.78 is 27.0. The minimum atomic E-state index is -3.46. The number of nitrogens with zero attached hydrogens (tertiary/aromatic N) is 3. The number of amides is 2. The van der Waals surface area contributed by atoms with Crippen molar-refractivity contribution in [1.29, 1.82) is 0 Å². The van der Waals surface area contributed by atoms with E-state index in [4.69, 9.17) is 0 Å². The van der Waals surface area contributed by atoms with Gasteiger partial charge in [0.25, 0.3) is 10.0 Å². The molecular weight excluding hydrogens is 432 g/mol. The van der Waals surface area contributed by atoms with Crippen molar-refractivity contribution in [3.8, 4) is 0 Å². The van der Waals surface area contributed by atoms with Gasteiger partial charge < -0.3 is 15.1 Å². The Hall–Kier alpha value is -2.10. The minimum Gasteiger partial charge on any atom is -0.368 e. The maximum Gasteiger partial charge on any atom is 0.317 e. The molecule has 1 fully saturated rings. The number of anilines is 1. The lowest BCUT2D eigenvalue weighted by atomic mass is 10.1. The molecule has 0 saturated carbocycles. The van der Waals surface area contributed by atoms with Crippen molar-refractivity contribution in [3.05, 3.63) is 46.3 Å². The molecule has 2 heterocycles. The summed E-state index contributed by atoms with van der Waals surface area (Å²) in [5.41, 5.74) is 3.80. The molecule has 0 spiro atoms. The van der Waals surface area contributed by atoms with Gasteiger partial charge in [-0.3, -0.25) is 0 Å². The van der Waals surface area contributed by atoms with Crippen molar-refractivity contribution < 1.29 is 13.2 Å².